The molecule has 0 fully saturated rings. The monoisotopic (exact) mass is 223 g/mol. The van der Waals surface area contributed by atoms with Crippen molar-refractivity contribution in [2.24, 2.45) is 0 Å². The van der Waals surface area contributed by atoms with Crippen LogP contribution in [0.5, 0.6) is 0 Å². The molecule has 0 amide bonds. The van der Waals surface area contributed by atoms with Crippen LogP contribution in [0.2, 0.25) is 0 Å². The molecule has 1 aromatic rings. The van der Waals surface area contributed by atoms with Gasteiger partial charge in [0.05, 0.1) is 12.7 Å². The highest BCUT2D eigenvalue weighted by Gasteiger charge is 2.02. The standard InChI is InChI=1S/C13H21NO2/c1-3-16-10-13(15)9-14-8-12-6-4-11(2)5-7-12/h4-7,13-15H,3,8-10H2,1-2H3. The molecule has 0 bridgehead atoms. The second kappa shape index (κ2) is 7.39. The van der Waals surface area contributed by atoms with Gasteiger partial charge in [0.25, 0.3) is 0 Å². The summed E-state index contributed by atoms with van der Waals surface area (Å²) < 4.78 is 5.12. The molecule has 0 aliphatic carbocycles. The zero-order valence-corrected chi connectivity index (χ0v) is 10.1. The van der Waals surface area contributed by atoms with Crippen molar-refractivity contribution in [1.82, 2.24) is 5.32 Å². The van der Waals surface area contributed by atoms with E-state index < -0.39 is 6.10 Å². The lowest BCUT2D eigenvalue weighted by molar-refractivity contribution is 0.0427. The molecule has 0 radical (unpaired) electrons. The third-order valence-electron chi connectivity index (χ3n) is 2.34. The van der Waals surface area contributed by atoms with Crippen molar-refractivity contribution < 1.29 is 9.84 Å². The molecule has 1 aromatic carbocycles. The van der Waals surface area contributed by atoms with Crippen LogP contribution in [0.3, 0.4) is 0 Å². The van der Waals surface area contributed by atoms with E-state index in [9.17, 15) is 5.11 Å². The first-order valence-electron chi connectivity index (χ1n) is 5.74. The second-order valence-electron chi connectivity index (χ2n) is 3.93. The Morgan fingerprint density at radius 3 is 2.62 bits per heavy atom. The van der Waals surface area contributed by atoms with Gasteiger partial charge in [0, 0.05) is 19.7 Å². The summed E-state index contributed by atoms with van der Waals surface area (Å²) in [6.07, 6.45) is -0.426. The van der Waals surface area contributed by atoms with Crippen LogP contribution in [0.15, 0.2) is 24.3 Å². The van der Waals surface area contributed by atoms with Crippen molar-refractivity contribution in [3.8, 4) is 0 Å². The van der Waals surface area contributed by atoms with Gasteiger partial charge in [-0.15, -0.1) is 0 Å². The maximum Gasteiger partial charge on any atom is 0.0897 e. The normalized spacial score (nSPS) is 12.7. The van der Waals surface area contributed by atoms with Crippen LogP contribution in [-0.2, 0) is 11.3 Å². The molecule has 3 nitrogen and oxygen atoms in total. The summed E-state index contributed by atoms with van der Waals surface area (Å²) in [4.78, 5) is 0. The lowest BCUT2D eigenvalue weighted by atomic mass is 10.1. The van der Waals surface area contributed by atoms with Crippen LogP contribution in [0, 0.1) is 6.92 Å². The smallest absolute Gasteiger partial charge is 0.0897 e. The molecule has 0 aliphatic heterocycles. The molecule has 3 heteroatoms. The highest BCUT2D eigenvalue weighted by atomic mass is 16.5. The Bertz CT molecular complexity index is 284. The van der Waals surface area contributed by atoms with Gasteiger partial charge in [-0.1, -0.05) is 29.8 Å². The van der Waals surface area contributed by atoms with Gasteiger partial charge in [0.2, 0.25) is 0 Å². The largest absolute Gasteiger partial charge is 0.389 e. The summed E-state index contributed by atoms with van der Waals surface area (Å²) in [5, 5.41) is 12.7. The molecule has 0 aromatic heterocycles. The zero-order valence-electron chi connectivity index (χ0n) is 10.1. The summed E-state index contributed by atoms with van der Waals surface area (Å²) >= 11 is 0. The van der Waals surface area contributed by atoms with Gasteiger partial charge in [0.15, 0.2) is 0 Å². The predicted octanol–water partition coefficient (Wildman–Crippen LogP) is 1.48. The lowest BCUT2D eigenvalue weighted by Crippen LogP contribution is -2.30. The highest BCUT2D eigenvalue weighted by molar-refractivity contribution is 5.20. The Labute approximate surface area is 97.4 Å². The topological polar surface area (TPSA) is 41.5 Å². The van der Waals surface area contributed by atoms with E-state index in [1.54, 1.807) is 0 Å². The minimum Gasteiger partial charge on any atom is -0.389 e. The average Bonchev–Trinajstić information content (AvgIpc) is 2.29. The van der Waals surface area contributed by atoms with E-state index in [-0.39, 0.29) is 0 Å². The van der Waals surface area contributed by atoms with E-state index in [2.05, 4.69) is 36.5 Å². The fourth-order valence-electron chi connectivity index (χ4n) is 1.40. The zero-order chi connectivity index (χ0) is 11.8. The van der Waals surface area contributed by atoms with Crippen molar-refractivity contribution in [1.29, 1.82) is 0 Å². The molecule has 90 valence electrons. The van der Waals surface area contributed by atoms with Crippen LogP contribution < -0.4 is 5.32 Å². The van der Waals surface area contributed by atoms with Crippen molar-refractivity contribution in [2.45, 2.75) is 26.5 Å². The molecule has 0 aliphatic rings. The van der Waals surface area contributed by atoms with Crippen LogP contribution in [0.4, 0.5) is 0 Å². The summed E-state index contributed by atoms with van der Waals surface area (Å²) in [6.45, 7) is 6.39. The Morgan fingerprint density at radius 1 is 1.31 bits per heavy atom. The number of hydrogen-bond acceptors (Lipinski definition) is 3. The molecule has 1 atom stereocenters. The van der Waals surface area contributed by atoms with Crippen LogP contribution in [0.25, 0.3) is 0 Å². The van der Waals surface area contributed by atoms with E-state index in [0.29, 0.717) is 19.8 Å². The number of aryl methyl sites for hydroxylation is 1. The summed E-state index contributed by atoms with van der Waals surface area (Å²) in [6, 6.07) is 8.37. The summed E-state index contributed by atoms with van der Waals surface area (Å²) in [5.41, 5.74) is 2.49. The number of nitrogens with one attached hydrogen (secondary N) is 1. The van der Waals surface area contributed by atoms with Gasteiger partial charge in [-0.2, -0.15) is 0 Å². The molecule has 0 saturated heterocycles. The van der Waals surface area contributed by atoms with Crippen molar-refractivity contribution >= 4 is 0 Å². The summed E-state index contributed by atoms with van der Waals surface area (Å²) in [5.74, 6) is 0. The number of rotatable bonds is 7. The Kier molecular flexibility index (Phi) is 6.08. The fraction of sp³-hybridized carbons (Fsp3) is 0.538. The Morgan fingerprint density at radius 2 is 2.00 bits per heavy atom. The summed E-state index contributed by atoms with van der Waals surface area (Å²) in [7, 11) is 0. The minimum atomic E-state index is -0.426. The molecule has 2 N–H and O–H groups in total. The van der Waals surface area contributed by atoms with Crippen LogP contribution in [-0.4, -0.2) is 31.0 Å². The van der Waals surface area contributed by atoms with E-state index in [0.717, 1.165) is 6.54 Å². The van der Waals surface area contributed by atoms with E-state index in [1.165, 1.54) is 11.1 Å². The van der Waals surface area contributed by atoms with Gasteiger partial charge < -0.3 is 15.2 Å². The van der Waals surface area contributed by atoms with Crippen molar-refractivity contribution in [3.63, 3.8) is 0 Å². The van der Waals surface area contributed by atoms with E-state index in [4.69, 9.17) is 4.74 Å². The first-order chi connectivity index (χ1) is 7.72. The van der Waals surface area contributed by atoms with Crippen LogP contribution in [0.1, 0.15) is 18.1 Å². The van der Waals surface area contributed by atoms with E-state index >= 15 is 0 Å². The number of aliphatic hydroxyl groups is 1. The maximum absolute atomic E-state index is 9.51. The Balaban J connectivity index is 2.17. The van der Waals surface area contributed by atoms with Gasteiger partial charge in [0.1, 0.15) is 0 Å². The predicted molar refractivity (Wildman–Crippen MR) is 65.4 cm³/mol. The third kappa shape index (κ3) is 5.26. The molecule has 0 heterocycles. The first-order valence-corrected chi connectivity index (χ1v) is 5.74. The third-order valence-corrected chi connectivity index (χ3v) is 2.34. The van der Waals surface area contributed by atoms with Crippen LogP contribution >= 0.6 is 0 Å². The average molecular weight is 223 g/mol. The van der Waals surface area contributed by atoms with E-state index in [1.807, 2.05) is 6.92 Å². The first kappa shape index (κ1) is 13.2. The maximum atomic E-state index is 9.51. The van der Waals surface area contributed by atoms with Crippen molar-refractivity contribution in [3.05, 3.63) is 35.4 Å². The van der Waals surface area contributed by atoms with Crippen molar-refractivity contribution in [2.75, 3.05) is 19.8 Å². The van der Waals surface area contributed by atoms with Gasteiger partial charge in [-0.25, -0.2) is 0 Å². The lowest BCUT2D eigenvalue weighted by Gasteiger charge is -2.11. The van der Waals surface area contributed by atoms with Gasteiger partial charge in [-0.3, -0.25) is 0 Å². The molecule has 0 spiro atoms. The minimum absolute atomic E-state index is 0.400. The molecule has 1 rings (SSSR count). The second-order valence-corrected chi connectivity index (χ2v) is 3.93. The van der Waals surface area contributed by atoms with Gasteiger partial charge in [-0.05, 0) is 19.4 Å². The molecule has 16 heavy (non-hydrogen) atoms. The quantitative estimate of drug-likeness (QED) is 0.735. The molecular weight excluding hydrogens is 202 g/mol. The molecular formula is C13H21NO2. The van der Waals surface area contributed by atoms with Gasteiger partial charge >= 0.3 is 0 Å². The molecule has 0 saturated carbocycles. The number of benzene rings is 1. The number of hydrogen-bond donors (Lipinski definition) is 2. The number of aliphatic hydroxyl groups excluding tert-OH is 1. The molecule has 1 unspecified atom stereocenters. The SMILES string of the molecule is CCOCC(O)CNCc1ccc(C)cc1. The fourth-order valence-corrected chi connectivity index (χ4v) is 1.40. The number of ether oxygens (including phenoxy) is 1. The highest BCUT2D eigenvalue weighted by Crippen LogP contribution is 2.02. The Hall–Kier alpha value is -0.900.